The molecule has 0 spiro atoms. The molecule has 5 heteroatoms. The van der Waals surface area contributed by atoms with E-state index < -0.39 is 0 Å². The maximum atomic E-state index is 12.4. The summed E-state index contributed by atoms with van der Waals surface area (Å²) in [6.07, 6.45) is 0.898. The maximum absolute atomic E-state index is 12.4. The van der Waals surface area contributed by atoms with Crippen LogP contribution in [0.3, 0.4) is 0 Å². The van der Waals surface area contributed by atoms with E-state index in [4.69, 9.17) is 9.47 Å². The molecule has 21 heavy (non-hydrogen) atoms. The minimum Gasteiger partial charge on any atom is -0.497 e. The number of hydrogen-bond donors (Lipinski definition) is 1. The van der Waals surface area contributed by atoms with Crippen molar-refractivity contribution >= 4 is 5.91 Å². The summed E-state index contributed by atoms with van der Waals surface area (Å²) in [5.41, 5.74) is -0.269. The first-order valence-electron chi connectivity index (χ1n) is 7.28. The van der Waals surface area contributed by atoms with Gasteiger partial charge in [-0.25, -0.2) is 0 Å². The molecule has 1 aliphatic heterocycles. The Morgan fingerprint density at radius 3 is 2.57 bits per heavy atom. The summed E-state index contributed by atoms with van der Waals surface area (Å²) in [6, 6.07) is 7.44. The maximum Gasteiger partial charge on any atom is 0.229 e. The zero-order valence-electron chi connectivity index (χ0n) is 13.0. The van der Waals surface area contributed by atoms with Crippen molar-refractivity contribution in [2.24, 2.45) is 5.41 Å². The zero-order chi connectivity index (χ0) is 15.3. The second-order valence-corrected chi connectivity index (χ2v) is 5.74. The van der Waals surface area contributed by atoms with Gasteiger partial charge in [0.05, 0.1) is 19.1 Å². The number of amides is 1. The van der Waals surface area contributed by atoms with Crippen molar-refractivity contribution < 1.29 is 14.3 Å². The molecule has 0 saturated carbocycles. The molecule has 1 atom stereocenters. The molecule has 5 nitrogen and oxygen atoms in total. The molecule has 1 aromatic rings. The quantitative estimate of drug-likeness (QED) is 0.864. The third-order valence-corrected chi connectivity index (χ3v) is 3.99. The highest BCUT2D eigenvalue weighted by Gasteiger charge is 2.37. The van der Waals surface area contributed by atoms with Gasteiger partial charge in [-0.05, 0) is 44.2 Å². The van der Waals surface area contributed by atoms with Gasteiger partial charge >= 0.3 is 0 Å². The lowest BCUT2D eigenvalue weighted by atomic mass is 9.88. The number of carbonyl (C=O) groups is 1. The number of likely N-dealkylation sites (N-methyl/N-ethyl adjacent to an activating group) is 1. The van der Waals surface area contributed by atoms with Crippen LogP contribution in [0.5, 0.6) is 11.5 Å². The van der Waals surface area contributed by atoms with Crippen LogP contribution in [-0.2, 0) is 4.79 Å². The average molecular weight is 292 g/mol. The Labute approximate surface area is 126 Å². The number of carbonyl (C=O) groups excluding carboxylic acids is 1. The fourth-order valence-corrected chi connectivity index (χ4v) is 2.53. The van der Waals surface area contributed by atoms with E-state index in [0.29, 0.717) is 13.2 Å². The third-order valence-electron chi connectivity index (χ3n) is 3.99. The predicted molar refractivity (Wildman–Crippen MR) is 81.7 cm³/mol. The Balaban J connectivity index is 1.78. The van der Waals surface area contributed by atoms with Crippen molar-refractivity contribution in [2.75, 3.05) is 40.4 Å². The minimum atomic E-state index is -0.269. The van der Waals surface area contributed by atoms with E-state index in [1.807, 2.05) is 38.2 Å². The van der Waals surface area contributed by atoms with Gasteiger partial charge in [-0.1, -0.05) is 0 Å². The Hall–Kier alpha value is -1.75. The lowest BCUT2D eigenvalue weighted by Crippen LogP contribution is -2.43. The van der Waals surface area contributed by atoms with E-state index in [-0.39, 0.29) is 11.3 Å². The largest absolute Gasteiger partial charge is 0.497 e. The molecule has 0 radical (unpaired) electrons. The standard InChI is InChI=1S/C16H24N2O3/c1-16(8-9-17-12-16)15(19)18(2)10-11-21-14-6-4-13(20-3)5-7-14/h4-7,17H,8-12H2,1-3H3. The zero-order valence-corrected chi connectivity index (χ0v) is 13.0. The summed E-state index contributed by atoms with van der Waals surface area (Å²) in [4.78, 5) is 14.2. The van der Waals surface area contributed by atoms with Crippen LogP contribution in [0.15, 0.2) is 24.3 Å². The van der Waals surface area contributed by atoms with Crippen LogP contribution in [0, 0.1) is 5.41 Å². The van der Waals surface area contributed by atoms with Crippen molar-refractivity contribution in [3.8, 4) is 11.5 Å². The van der Waals surface area contributed by atoms with E-state index in [2.05, 4.69) is 5.32 Å². The second-order valence-electron chi connectivity index (χ2n) is 5.74. The number of nitrogens with one attached hydrogen (secondary N) is 1. The van der Waals surface area contributed by atoms with Crippen molar-refractivity contribution in [2.45, 2.75) is 13.3 Å². The summed E-state index contributed by atoms with van der Waals surface area (Å²) >= 11 is 0. The normalized spacial score (nSPS) is 21.1. The first kappa shape index (κ1) is 15.6. The second kappa shape index (κ2) is 6.80. The number of hydrogen-bond acceptors (Lipinski definition) is 4. The summed E-state index contributed by atoms with van der Waals surface area (Å²) in [7, 11) is 3.47. The molecule has 1 saturated heterocycles. The van der Waals surface area contributed by atoms with Gasteiger partial charge in [0.25, 0.3) is 0 Å². The summed E-state index contributed by atoms with van der Waals surface area (Å²) in [5, 5.41) is 3.25. The molecule has 0 aliphatic carbocycles. The van der Waals surface area contributed by atoms with E-state index in [1.165, 1.54) is 0 Å². The number of nitrogens with zero attached hydrogens (tertiary/aromatic N) is 1. The topological polar surface area (TPSA) is 50.8 Å². The first-order chi connectivity index (χ1) is 10.0. The van der Waals surface area contributed by atoms with Crippen molar-refractivity contribution in [1.29, 1.82) is 0 Å². The van der Waals surface area contributed by atoms with Gasteiger partial charge in [-0.15, -0.1) is 0 Å². The molecule has 1 fully saturated rings. The molecule has 116 valence electrons. The monoisotopic (exact) mass is 292 g/mol. The van der Waals surface area contributed by atoms with E-state index in [1.54, 1.807) is 12.0 Å². The van der Waals surface area contributed by atoms with Crippen molar-refractivity contribution in [3.63, 3.8) is 0 Å². The SMILES string of the molecule is COc1ccc(OCCN(C)C(=O)C2(C)CCNC2)cc1. The van der Waals surface area contributed by atoms with Gasteiger partial charge in [0.2, 0.25) is 5.91 Å². The van der Waals surface area contributed by atoms with Gasteiger partial charge < -0.3 is 19.7 Å². The number of rotatable bonds is 6. The highest BCUT2D eigenvalue weighted by Crippen LogP contribution is 2.26. The third kappa shape index (κ3) is 3.88. The predicted octanol–water partition coefficient (Wildman–Crippen LogP) is 1.53. The smallest absolute Gasteiger partial charge is 0.229 e. The molecule has 1 unspecified atom stereocenters. The van der Waals surface area contributed by atoms with Crippen LogP contribution in [-0.4, -0.2) is 51.2 Å². The van der Waals surface area contributed by atoms with Gasteiger partial charge in [0, 0.05) is 13.6 Å². The minimum absolute atomic E-state index is 0.186. The van der Waals surface area contributed by atoms with E-state index in [0.717, 1.165) is 31.0 Å². The molecular formula is C16H24N2O3. The van der Waals surface area contributed by atoms with Crippen LogP contribution in [0.1, 0.15) is 13.3 Å². The number of benzene rings is 1. The van der Waals surface area contributed by atoms with E-state index >= 15 is 0 Å². The highest BCUT2D eigenvalue weighted by atomic mass is 16.5. The fraction of sp³-hybridized carbons (Fsp3) is 0.562. The van der Waals surface area contributed by atoms with Crippen LogP contribution < -0.4 is 14.8 Å². The van der Waals surface area contributed by atoms with Crippen LogP contribution in [0.4, 0.5) is 0 Å². The summed E-state index contributed by atoms with van der Waals surface area (Å²) < 4.78 is 10.8. The molecule has 0 bridgehead atoms. The van der Waals surface area contributed by atoms with Crippen LogP contribution in [0.25, 0.3) is 0 Å². The lowest BCUT2D eigenvalue weighted by molar-refractivity contribution is -0.139. The molecule has 0 aromatic heterocycles. The van der Waals surface area contributed by atoms with Gasteiger partial charge in [0.1, 0.15) is 18.1 Å². The lowest BCUT2D eigenvalue weighted by Gasteiger charge is -2.28. The molecule has 1 amide bonds. The number of methoxy groups -OCH3 is 1. The van der Waals surface area contributed by atoms with Gasteiger partial charge in [-0.2, -0.15) is 0 Å². The Kier molecular flexibility index (Phi) is 5.07. The fourth-order valence-electron chi connectivity index (χ4n) is 2.53. The van der Waals surface area contributed by atoms with Crippen molar-refractivity contribution in [3.05, 3.63) is 24.3 Å². The van der Waals surface area contributed by atoms with Crippen LogP contribution in [0.2, 0.25) is 0 Å². The summed E-state index contributed by atoms with van der Waals surface area (Å²) in [6.45, 7) is 4.77. The van der Waals surface area contributed by atoms with Crippen molar-refractivity contribution in [1.82, 2.24) is 10.2 Å². The Bertz CT molecular complexity index is 467. The first-order valence-corrected chi connectivity index (χ1v) is 7.28. The van der Waals surface area contributed by atoms with Gasteiger partial charge in [-0.3, -0.25) is 4.79 Å². The summed E-state index contributed by atoms with van der Waals surface area (Å²) in [5.74, 6) is 1.77. The Morgan fingerprint density at radius 1 is 1.33 bits per heavy atom. The molecule has 1 N–H and O–H groups in total. The molecule has 1 aromatic carbocycles. The highest BCUT2D eigenvalue weighted by molar-refractivity contribution is 5.82. The molecule has 1 aliphatic rings. The van der Waals surface area contributed by atoms with Gasteiger partial charge in [0.15, 0.2) is 0 Å². The molecule has 2 rings (SSSR count). The average Bonchev–Trinajstić information content (AvgIpc) is 2.95. The van der Waals surface area contributed by atoms with E-state index in [9.17, 15) is 4.79 Å². The van der Waals surface area contributed by atoms with Crippen LogP contribution >= 0.6 is 0 Å². The molecule has 1 heterocycles. The Morgan fingerprint density at radius 2 is 2.00 bits per heavy atom. The molecular weight excluding hydrogens is 268 g/mol. The number of ether oxygens (including phenoxy) is 2.